The SMILES string of the molecule is COc1cc(Cl)c(NC(=O)c2c(C)noc2C)cc1OC. The van der Waals surface area contributed by atoms with E-state index in [4.69, 9.17) is 25.6 Å². The van der Waals surface area contributed by atoms with Crippen LogP contribution < -0.4 is 14.8 Å². The molecule has 112 valence electrons. The van der Waals surface area contributed by atoms with Crippen LogP contribution >= 0.6 is 11.6 Å². The normalized spacial score (nSPS) is 10.3. The van der Waals surface area contributed by atoms with E-state index in [9.17, 15) is 4.79 Å². The monoisotopic (exact) mass is 310 g/mol. The second kappa shape index (κ2) is 6.05. The average Bonchev–Trinajstić information content (AvgIpc) is 2.79. The summed E-state index contributed by atoms with van der Waals surface area (Å²) in [5.41, 5.74) is 1.32. The summed E-state index contributed by atoms with van der Waals surface area (Å²) in [5.74, 6) is 1.05. The van der Waals surface area contributed by atoms with Crippen LogP contribution in [0.2, 0.25) is 5.02 Å². The van der Waals surface area contributed by atoms with Gasteiger partial charge in [0.1, 0.15) is 11.3 Å². The van der Waals surface area contributed by atoms with Gasteiger partial charge in [0.2, 0.25) is 0 Å². The summed E-state index contributed by atoms with van der Waals surface area (Å²) >= 11 is 6.13. The van der Waals surface area contributed by atoms with Crippen LogP contribution in [-0.2, 0) is 0 Å². The van der Waals surface area contributed by atoms with E-state index in [0.29, 0.717) is 39.2 Å². The minimum Gasteiger partial charge on any atom is -0.493 e. The van der Waals surface area contributed by atoms with Crippen molar-refractivity contribution in [1.82, 2.24) is 5.16 Å². The first-order valence-electron chi connectivity index (χ1n) is 6.13. The zero-order valence-corrected chi connectivity index (χ0v) is 12.9. The molecule has 1 heterocycles. The summed E-state index contributed by atoms with van der Waals surface area (Å²) in [5, 5.41) is 6.80. The number of methoxy groups -OCH3 is 2. The summed E-state index contributed by atoms with van der Waals surface area (Å²) in [6.45, 7) is 3.37. The zero-order valence-electron chi connectivity index (χ0n) is 12.1. The van der Waals surface area contributed by atoms with Gasteiger partial charge in [0, 0.05) is 12.1 Å². The van der Waals surface area contributed by atoms with E-state index >= 15 is 0 Å². The molecule has 0 aliphatic rings. The van der Waals surface area contributed by atoms with E-state index in [1.165, 1.54) is 14.2 Å². The van der Waals surface area contributed by atoms with Gasteiger partial charge in [-0.15, -0.1) is 0 Å². The van der Waals surface area contributed by atoms with Crippen molar-refractivity contribution in [3.63, 3.8) is 0 Å². The number of ether oxygens (including phenoxy) is 2. The molecule has 1 aromatic heterocycles. The van der Waals surface area contributed by atoms with Crippen molar-refractivity contribution < 1.29 is 18.8 Å². The Morgan fingerprint density at radius 2 is 1.86 bits per heavy atom. The molecule has 1 N–H and O–H groups in total. The quantitative estimate of drug-likeness (QED) is 0.938. The summed E-state index contributed by atoms with van der Waals surface area (Å²) in [7, 11) is 3.02. The molecular formula is C14H15ClN2O4. The first kappa shape index (κ1) is 15.2. The fourth-order valence-corrected chi connectivity index (χ4v) is 2.14. The second-order valence-electron chi connectivity index (χ2n) is 4.34. The summed E-state index contributed by atoms with van der Waals surface area (Å²) in [6.07, 6.45) is 0. The number of carbonyl (C=O) groups is 1. The molecule has 0 aliphatic carbocycles. The molecule has 7 heteroatoms. The van der Waals surface area contributed by atoms with Gasteiger partial charge in [0.25, 0.3) is 5.91 Å². The Balaban J connectivity index is 2.33. The highest BCUT2D eigenvalue weighted by atomic mass is 35.5. The number of anilines is 1. The van der Waals surface area contributed by atoms with Crippen molar-refractivity contribution in [2.75, 3.05) is 19.5 Å². The zero-order chi connectivity index (χ0) is 15.6. The second-order valence-corrected chi connectivity index (χ2v) is 4.75. The van der Waals surface area contributed by atoms with Gasteiger partial charge >= 0.3 is 0 Å². The maximum atomic E-state index is 12.3. The molecule has 0 saturated heterocycles. The summed E-state index contributed by atoms with van der Waals surface area (Å²) in [6, 6.07) is 3.17. The van der Waals surface area contributed by atoms with Crippen LogP contribution in [-0.4, -0.2) is 25.3 Å². The molecule has 2 aromatic rings. The molecule has 1 aromatic carbocycles. The molecule has 1 amide bonds. The van der Waals surface area contributed by atoms with E-state index < -0.39 is 0 Å². The van der Waals surface area contributed by atoms with Crippen molar-refractivity contribution in [3.05, 3.63) is 34.2 Å². The molecule has 6 nitrogen and oxygen atoms in total. The highest BCUT2D eigenvalue weighted by molar-refractivity contribution is 6.34. The molecule has 0 atom stereocenters. The molecule has 0 saturated carbocycles. The summed E-state index contributed by atoms with van der Waals surface area (Å²) < 4.78 is 15.3. The third-order valence-electron chi connectivity index (χ3n) is 2.98. The van der Waals surface area contributed by atoms with E-state index in [1.807, 2.05) is 0 Å². The lowest BCUT2D eigenvalue weighted by molar-refractivity contribution is 0.102. The number of nitrogens with zero attached hydrogens (tertiary/aromatic N) is 1. The molecular weight excluding hydrogens is 296 g/mol. The Labute approximate surface area is 127 Å². The Morgan fingerprint density at radius 1 is 1.24 bits per heavy atom. The van der Waals surface area contributed by atoms with E-state index in [0.717, 1.165) is 0 Å². The van der Waals surface area contributed by atoms with Gasteiger partial charge in [-0.3, -0.25) is 4.79 Å². The van der Waals surface area contributed by atoms with E-state index in [-0.39, 0.29) is 5.91 Å². The lowest BCUT2D eigenvalue weighted by Gasteiger charge is -2.12. The maximum absolute atomic E-state index is 12.3. The van der Waals surface area contributed by atoms with Crippen LogP contribution in [0.15, 0.2) is 16.7 Å². The molecule has 0 spiro atoms. The molecule has 2 rings (SSSR count). The van der Waals surface area contributed by atoms with E-state index in [2.05, 4.69) is 10.5 Å². The van der Waals surface area contributed by atoms with Gasteiger partial charge in [-0.2, -0.15) is 0 Å². The van der Waals surface area contributed by atoms with Crippen LogP contribution in [0.25, 0.3) is 0 Å². The van der Waals surface area contributed by atoms with Crippen LogP contribution in [0.3, 0.4) is 0 Å². The Kier molecular flexibility index (Phi) is 4.37. The number of aromatic nitrogens is 1. The minimum atomic E-state index is -0.347. The maximum Gasteiger partial charge on any atom is 0.261 e. The topological polar surface area (TPSA) is 73.6 Å². The van der Waals surface area contributed by atoms with Crippen LogP contribution in [0.5, 0.6) is 11.5 Å². The van der Waals surface area contributed by atoms with Gasteiger partial charge in [-0.25, -0.2) is 0 Å². The Morgan fingerprint density at radius 3 is 2.38 bits per heavy atom. The van der Waals surface area contributed by atoms with Crippen LogP contribution in [0.1, 0.15) is 21.8 Å². The number of benzene rings is 1. The van der Waals surface area contributed by atoms with Crippen molar-refractivity contribution in [2.24, 2.45) is 0 Å². The van der Waals surface area contributed by atoms with Gasteiger partial charge in [-0.1, -0.05) is 16.8 Å². The third kappa shape index (κ3) is 2.95. The van der Waals surface area contributed by atoms with Gasteiger partial charge in [0.15, 0.2) is 11.5 Å². The van der Waals surface area contributed by atoms with Crippen molar-refractivity contribution in [3.8, 4) is 11.5 Å². The predicted molar refractivity (Wildman–Crippen MR) is 78.5 cm³/mol. The van der Waals surface area contributed by atoms with Crippen molar-refractivity contribution in [2.45, 2.75) is 13.8 Å². The fraction of sp³-hybridized carbons (Fsp3) is 0.286. The Hall–Kier alpha value is -2.21. The minimum absolute atomic E-state index is 0.341. The third-order valence-corrected chi connectivity index (χ3v) is 3.29. The van der Waals surface area contributed by atoms with Crippen LogP contribution in [0.4, 0.5) is 5.69 Å². The molecule has 21 heavy (non-hydrogen) atoms. The van der Waals surface area contributed by atoms with Gasteiger partial charge in [0.05, 0.1) is 30.6 Å². The number of aryl methyl sites for hydroxylation is 2. The highest BCUT2D eigenvalue weighted by Gasteiger charge is 2.19. The molecule has 0 radical (unpaired) electrons. The number of amides is 1. The number of hydrogen-bond donors (Lipinski definition) is 1. The number of carbonyl (C=O) groups excluding carboxylic acids is 1. The predicted octanol–water partition coefficient (Wildman–Crippen LogP) is 3.21. The summed E-state index contributed by atoms with van der Waals surface area (Å²) in [4.78, 5) is 12.3. The van der Waals surface area contributed by atoms with Gasteiger partial charge < -0.3 is 19.3 Å². The number of nitrogens with one attached hydrogen (secondary N) is 1. The largest absolute Gasteiger partial charge is 0.493 e. The molecule has 0 unspecified atom stereocenters. The van der Waals surface area contributed by atoms with Gasteiger partial charge in [-0.05, 0) is 13.8 Å². The molecule has 0 aliphatic heterocycles. The smallest absolute Gasteiger partial charge is 0.261 e. The average molecular weight is 311 g/mol. The van der Waals surface area contributed by atoms with Crippen molar-refractivity contribution >= 4 is 23.2 Å². The Bertz CT molecular complexity index is 662. The molecule has 0 bridgehead atoms. The van der Waals surface area contributed by atoms with E-state index in [1.54, 1.807) is 26.0 Å². The lowest BCUT2D eigenvalue weighted by atomic mass is 10.2. The number of hydrogen-bond acceptors (Lipinski definition) is 5. The number of halogens is 1. The van der Waals surface area contributed by atoms with Crippen molar-refractivity contribution in [1.29, 1.82) is 0 Å². The standard InChI is InChI=1S/C14H15ClN2O4/c1-7-13(8(2)21-17-7)14(18)16-10-6-12(20-4)11(19-3)5-9(10)15/h5-6H,1-4H3,(H,16,18). The molecule has 0 fully saturated rings. The lowest BCUT2D eigenvalue weighted by Crippen LogP contribution is -2.14. The van der Waals surface area contributed by atoms with Crippen LogP contribution in [0, 0.1) is 13.8 Å². The first-order chi connectivity index (χ1) is 9.97. The fourth-order valence-electron chi connectivity index (χ4n) is 1.94. The number of rotatable bonds is 4. The first-order valence-corrected chi connectivity index (χ1v) is 6.51. The highest BCUT2D eigenvalue weighted by Crippen LogP contribution is 2.36.